The smallest absolute Gasteiger partial charge is 0.249 e. The van der Waals surface area contributed by atoms with Crippen molar-refractivity contribution in [3.63, 3.8) is 0 Å². The van der Waals surface area contributed by atoms with Crippen molar-refractivity contribution in [2.45, 2.75) is 480 Å². The lowest BCUT2D eigenvalue weighted by molar-refractivity contribution is -0.303. The lowest BCUT2D eigenvalue weighted by Crippen LogP contribution is -2.60. The number of ether oxygens (including phenoxy) is 2. The molecule has 0 aromatic carbocycles. The molecule has 0 aliphatic carbocycles. The molecule has 1 rings (SSSR count). The molecule has 0 aromatic heterocycles. The molecule has 9 atom stereocenters. The van der Waals surface area contributed by atoms with Crippen LogP contribution in [0.4, 0.5) is 0 Å². The molecular weight excluding hydrogens is 1110 g/mol. The van der Waals surface area contributed by atoms with Crippen LogP contribution in [0.2, 0.25) is 0 Å². The van der Waals surface area contributed by atoms with Gasteiger partial charge in [0.25, 0.3) is 0 Å². The van der Waals surface area contributed by atoms with Crippen molar-refractivity contribution >= 4 is 5.91 Å². The Kier molecular flexibility index (Phi) is 64.9. The van der Waals surface area contributed by atoms with E-state index in [4.69, 9.17) is 9.47 Å². The number of hydrogen-bond acceptors (Lipinski definition) is 10. The van der Waals surface area contributed by atoms with E-state index in [1.165, 1.54) is 347 Å². The van der Waals surface area contributed by atoms with Crippen molar-refractivity contribution < 1.29 is 50.0 Å². The molecule has 1 amide bonds. The fourth-order valence-electron chi connectivity index (χ4n) is 13.6. The summed E-state index contributed by atoms with van der Waals surface area (Å²) in [5, 5.41) is 76.8. The van der Waals surface area contributed by atoms with E-state index in [1.54, 1.807) is 0 Å². The summed E-state index contributed by atoms with van der Waals surface area (Å²) in [6, 6.07) is -1.17. The van der Waals surface area contributed by atoms with Crippen molar-refractivity contribution in [3.8, 4) is 0 Å². The Balaban J connectivity index is 2.12. The SMILES string of the molecule is CCCCCCCCCCCCCCCCCCCCCCCCCCCCCCCCCCC(O)C(=O)NC(COC1OC(CO)C(O)C(O)C1O)C(O)C(O)CCCCCCCCCCCCCCCCCCCCCCCCCCCCCCCC. The predicted molar refractivity (Wildman–Crippen MR) is 377 cm³/mol. The van der Waals surface area contributed by atoms with Gasteiger partial charge in [0.05, 0.1) is 25.4 Å². The van der Waals surface area contributed by atoms with Gasteiger partial charge in [0.15, 0.2) is 6.29 Å². The average Bonchev–Trinajstić information content (AvgIpc) is 3.68. The molecule has 0 spiro atoms. The predicted octanol–water partition coefficient (Wildman–Crippen LogP) is 20.4. The molecule has 11 heteroatoms. The van der Waals surface area contributed by atoms with Gasteiger partial charge in [-0.3, -0.25) is 4.79 Å². The number of unbranched alkanes of at least 4 members (excludes halogenated alkanes) is 60. The Hall–Kier alpha value is -0.890. The lowest BCUT2D eigenvalue weighted by Gasteiger charge is -2.40. The monoisotopic (exact) mass is 1270 g/mol. The summed E-state index contributed by atoms with van der Waals surface area (Å²) in [5.41, 5.74) is 0. The zero-order chi connectivity index (χ0) is 64.6. The first-order valence-corrected chi connectivity index (χ1v) is 39.9. The summed E-state index contributed by atoms with van der Waals surface area (Å²) in [6.07, 6.45) is 72.2. The summed E-state index contributed by atoms with van der Waals surface area (Å²) in [7, 11) is 0. The number of rotatable bonds is 72. The Morgan fingerprint density at radius 2 is 0.584 bits per heavy atom. The van der Waals surface area contributed by atoms with Crippen LogP contribution in [0.15, 0.2) is 0 Å². The molecule has 0 radical (unpaired) electrons. The van der Waals surface area contributed by atoms with Crippen LogP contribution in [-0.4, -0.2) is 110 Å². The maximum absolute atomic E-state index is 13.3. The maximum atomic E-state index is 13.3. The second kappa shape index (κ2) is 67.1. The van der Waals surface area contributed by atoms with Crippen molar-refractivity contribution in [2.75, 3.05) is 13.2 Å². The van der Waals surface area contributed by atoms with Crippen LogP contribution in [0.5, 0.6) is 0 Å². The average molecular weight is 1270 g/mol. The standard InChI is InChI=1S/C78H155NO10/c1-3-5-7-9-11-13-15-17-19-21-23-25-27-29-31-33-35-36-38-40-42-44-46-48-50-52-54-56-58-60-62-64-66-71(82)77(87)79-69(68-88-78-76(86)75(85)74(84)72(67-80)89-78)73(83)70(81)65-63-61-59-57-55-53-51-49-47-45-43-41-39-37-34-32-30-28-26-24-22-20-18-16-14-12-10-8-6-4-2/h69-76,78,80-86H,3-68H2,1-2H3,(H,79,87). The van der Waals surface area contributed by atoms with Crippen LogP contribution >= 0.6 is 0 Å². The maximum Gasteiger partial charge on any atom is 0.249 e. The van der Waals surface area contributed by atoms with E-state index in [0.717, 1.165) is 38.5 Å². The van der Waals surface area contributed by atoms with Crippen LogP contribution in [0.3, 0.4) is 0 Å². The van der Waals surface area contributed by atoms with Crippen molar-refractivity contribution in [1.29, 1.82) is 0 Å². The largest absolute Gasteiger partial charge is 0.394 e. The van der Waals surface area contributed by atoms with Gasteiger partial charge in [-0.15, -0.1) is 0 Å². The molecule has 0 bridgehead atoms. The van der Waals surface area contributed by atoms with Gasteiger partial charge in [-0.25, -0.2) is 0 Å². The van der Waals surface area contributed by atoms with Crippen LogP contribution in [-0.2, 0) is 14.3 Å². The van der Waals surface area contributed by atoms with Gasteiger partial charge in [-0.05, 0) is 12.8 Å². The Morgan fingerprint density at radius 1 is 0.348 bits per heavy atom. The van der Waals surface area contributed by atoms with Gasteiger partial charge in [0, 0.05) is 0 Å². The number of aliphatic hydroxyl groups is 7. The summed E-state index contributed by atoms with van der Waals surface area (Å²) in [4.78, 5) is 13.3. The summed E-state index contributed by atoms with van der Waals surface area (Å²) in [5.74, 6) is -0.685. The molecule has 1 fully saturated rings. The van der Waals surface area contributed by atoms with Crippen LogP contribution in [0.25, 0.3) is 0 Å². The fourth-order valence-corrected chi connectivity index (χ4v) is 13.6. The molecule has 1 saturated heterocycles. The van der Waals surface area contributed by atoms with Crippen LogP contribution in [0.1, 0.15) is 425 Å². The van der Waals surface area contributed by atoms with E-state index in [0.29, 0.717) is 19.3 Å². The molecular formula is C78H155NO10. The third-order valence-electron chi connectivity index (χ3n) is 19.9. The second-order valence-corrected chi connectivity index (χ2v) is 28.5. The first-order chi connectivity index (χ1) is 43.7. The van der Waals surface area contributed by atoms with Crippen molar-refractivity contribution in [1.82, 2.24) is 5.32 Å². The molecule has 532 valence electrons. The van der Waals surface area contributed by atoms with Crippen LogP contribution < -0.4 is 5.32 Å². The van der Waals surface area contributed by atoms with E-state index in [9.17, 15) is 40.5 Å². The van der Waals surface area contributed by atoms with E-state index >= 15 is 0 Å². The highest BCUT2D eigenvalue weighted by Crippen LogP contribution is 2.25. The fraction of sp³-hybridized carbons (Fsp3) is 0.987. The highest BCUT2D eigenvalue weighted by atomic mass is 16.7. The Bertz CT molecular complexity index is 1410. The molecule has 1 aliphatic heterocycles. The molecule has 9 unspecified atom stereocenters. The number of nitrogens with one attached hydrogen (secondary N) is 1. The third kappa shape index (κ3) is 54.0. The third-order valence-corrected chi connectivity index (χ3v) is 19.9. The number of carbonyl (C=O) groups is 1. The van der Waals surface area contributed by atoms with Crippen molar-refractivity contribution in [2.24, 2.45) is 0 Å². The molecule has 89 heavy (non-hydrogen) atoms. The Labute approximate surface area is 551 Å². The van der Waals surface area contributed by atoms with E-state index in [-0.39, 0.29) is 6.42 Å². The topological polar surface area (TPSA) is 189 Å². The molecule has 1 heterocycles. The van der Waals surface area contributed by atoms with E-state index in [2.05, 4.69) is 19.2 Å². The summed E-state index contributed by atoms with van der Waals surface area (Å²) >= 11 is 0. The van der Waals surface area contributed by atoms with Crippen molar-refractivity contribution in [3.05, 3.63) is 0 Å². The molecule has 0 aromatic rings. The van der Waals surface area contributed by atoms with E-state index < -0.39 is 74.2 Å². The van der Waals surface area contributed by atoms with Gasteiger partial charge < -0.3 is 50.5 Å². The van der Waals surface area contributed by atoms with Gasteiger partial charge in [0.2, 0.25) is 5.91 Å². The quantitative estimate of drug-likeness (QED) is 0.0272. The number of carbonyl (C=O) groups excluding carboxylic acids is 1. The number of hydrogen-bond donors (Lipinski definition) is 8. The lowest BCUT2D eigenvalue weighted by atomic mass is 9.98. The molecule has 8 N–H and O–H groups in total. The first kappa shape index (κ1) is 86.1. The number of amides is 1. The minimum Gasteiger partial charge on any atom is -0.394 e. The molecule has 0 saturated carbocycles. The Morgan fingerprint density at radius 3 is 0.831 bits per heavy atom. The van der Waals surface area contributed by atoms with Gasteiger partial charge >= 0.3 is 0 Å². The second-order valence-electron chi connectivity index (χ2n) is 28.5. The first-order valence-electron chi connectivity index (χ1n) is 39.9. The minimum atomic E-state index is -1.66. The van der Waals surface area contributed by atoms with Gasteiger partial charge in [0.1, 0.15) is 36.6 Å². The summed E-state index contributed by atoms with van der Waals surface area (Å²) in [6.45, 7) is 3.54. The van der Waals surface area contributed by atoms with Gasteiger partial charge in [-0.2, -0.15) is 0 Å². The molecule has 1 aliphatic rings. The highest BCUT2D eigenvalue weighted by Gasteiger charge is 2.44. The minimum absolute atomic E-state index is 0.268. The zero-order valence-corrected chi connectivity index (χ0v) is 59.2. The van der Waals surface area contributed by atoms with E-state index in [1.807, 2.05) is 0 Å². The molecule has 11 nitrogen and oxygen atoms in total. The highest BCUT2D eigenvalue weighted by molar-refractivity contribution is 5.80. The number of aliphatic hydroxyl groups excluding tert-OH is 7. The normalized spacial score (nSPS) is 18.4. The summed E-state index contributed by atoms with van der Waals surface area (Å²) < 4.78 is 11.2. The van der Waals surface area contributed by atoms with Gasteiger partial charge in [-0.1, -0.05) is 412 Å². The van der Waals surface area contributed by atoms with Crippen LogP contribution in [0, 0.1) is 0 Å². The zero-order valence-electron chi connectivity index (χ0n) is 59.2.